The van der Waals surface area contributed by atoms with Crippen LogP contribution in [0.4, 0.5) is 0 Å². The Labute approximate surface area is 94.3 Å². The van der Waals surface area contributed by atoms with Gasteiger partial charge in [0.15, 0.2) is 0 Å². The summed E-state index contributed by atoms with van der Waals surface area (Å²) in [5, 5.41) is 0. The number of primary amides is 1. The Kier molecular flexibility index (Phi) is 3.41. The Balaban J connectivity index is 1.93. The molecule has 16 heavy (non-hydrogen) atoms. The summed E-state index contributed by atoms with van der Waals surface area (Å²) in [5.74, 6) is 0.217. The van der Waals surface area contributed by atoms with Crippen LogP contribution in [-0.4, -0.2) is 25.2 Å². The highest BCUT2D eigenvalue weighted by molar-refractivity contribution is 5.93. The Morgan fingerprint density at radius 1 is 1.56 bits per heavy atom. The molecule has 1 fully saturated rings. The zero-order valence-electron chi connectivity index (χ0n) is 9.02. The maximum absolute atomic E-state index is 11.0. The maximum atomic E-state index is 11.0. The molecule has 0 bridgehead atoms. The predicted molar refractivity (Wildman–Crippen MR) is 59.4 cm³/mol. The number of amides is 1. The van der Waals surface area contributed by atoms with Crippen LogP contribution in [0.15, 0.2) is 24.3 Å². The lowest BCUT2D eigenvalue weighted by Crippen LogP contribution is -2.16. The first-order valence-electron chi connectivity index (χ1n) is 5.40. The highest BCUT2D eigenvalue weighted by Gasteiger charge is 2.16. The molecule has 1 aliphatic heterocycles. The van der Waals surface area contributed by atoms with E-state index in [-0.39, 0.29) is 6.10 Å². The van der Waals surface area contributed by atoms with Crippen molar-refractivity contribution in [2.45, 2.75) is 18.9 Å². The number of ether oxygens (including phenoxy) is 2. The average Bonchev–Trinajstić information content (AvgIpc) is 2.79. The van der Waals surface area contributed by atoms with Gasteiger partial charge in [0.2, 0.25) is 5.91 Å². The van der Waals surface area contributed by atoms with Crippen LogP contribution in [0.25, 0.3) is 0 Å². The Bertz CT molecular complexity index is 372. The van der Waals surface area contributed by atoms with Gasteiger partial charge in [0, 0.05) is 12.2 Å². The van der Waals surface area contributed by atoms with E-state index in [4.69, 9.17) is 15.2 Å². The summed E-state index contributed by atoms with van der Waals surface area (Å²) in [4.78, 5) is 11.0. The highest BCUT2D eigenvalue weighted by Crippen LogP contribution is 2.16. The summed E-state index contributed by atoms with van der Waals surface area (Å²) < 4.78 is 11.0. The molecule has 2 N–H and O–H groups in total. The molecule has 1 saturated heterocycles. The second-order valence-electron chi connectivity index (χ2n) is 3.84. The summed E-state index contributed by atoms with van der Waals surface area (Å²) in [6.45, 7) is 1.34. The van der Waals surface area contributed by atoms with Crippen LogP contribution in [0.5, 0.6) is 5.75 Å². The fourth-order valence-corrected chi connectivity index (χ4v) is 1.70. The Morgan fingerprint density at radius 2 is 2.44 bits per heavy atom. The SMILES string of the molecule is NC(=O)c1cccc(OCC2CCCO2)c1. The second kappa shape index (κ2) is 4.99. The fourth-order valence-electron chi connectivity index (χ4n) is 1.70. The lowest BCUT2D eigenvalue weighted by Gasteiger charge is -2.11. The van der Waals surface area contributed by atoms with Crippen molar-refractivity contribution < 1.29 is 14.3 Å². The molecule has 1 unspecified atom stereocenters. The van der Waals surface area contributed by atoms with Crippen molar-refractivity contribution in [1.29, 1.82) is 0 Å². The second-order valence-corrected chi connectivity index (χ2v) is 3.84. The van der Waals surface area contributed by atoms with Crippen LogP contribution in [-0.2, 0) is 4.74 Å². The third kappa shape index (κ3) is 2.73. The molecule has 4 heteroatoms. The van der Waals surface area contributed by atoms with E-state index < -0.39 is 5.91 Å². The molecule has 1 aliphatic rings. The molecule has 0 saturated carbocycles. The summed E-state index contributed by atoms with van der Waals surface area (Å²) >= 11 is 0. The lowest BCUT2D eigenvalue weighted by molar-refractivity contribution is 0.0679. The van der Waals surface area contributed by atoms with Gasteiger partial charge in [-0.2, -0.15) is 0 Å². The smallest absolute Gasteiger partial charge is 0.248 e. The number of rotatable bonds is 4. The average molecular weight is 221 g/mol. The summed E-state index contributed by atoms with van der Waals surface area (Å²) in [6, 6.07) is 6.88. The molecular formula is C12H15NO3. The molecule has 1 aromatic carbocycles. The van der Waals surface area contributed by atoms with Gasteiger partial charge in [0.1, 0.15) is 12.4 Å². The first-order valence-corrected chi connectivity index (χ1v) is 5.40. The zero-order chi connectivity index (χ0) is 11.4. The molecule has 1 aromatic rings. The van der Waals surface area contributed by atoms with Crippen LogP contribution < -0.4 is 10.5 Å². The van der Waals surface area contributed by atoms with E-state index in [0.29, 0.717) is 17.9 Å². The number of carbonyl (C=O) groups is 1. The third-order valence-electron chi connectivity index (χ3n) is 2.58. The van der Waals surface area contributed by atoms with Gasteiger partial charge in [-0.15, -0.1) is 0 Å². The Morgan fingerprint density at radius 3 is 3.12 bits per heavy atom. The van der Waals surface area contributed by atoms with E-state index in [0.717, 1.165) is 19.4 Å². The van der Waals surface area contributed by atoms with Crippen molar-refractivity contribution >= 4 is 5.91 Å². The van der Waals surface area contributed by atoms with Gasteiger partial charge in [0.05, 0.1) is 6.10 Å². The van der Waals surface area contributed by atoms with Crippen molar-refractivity contribution in [2.24, 2.45) is 5.73 Å². The number of hydrogen-bond donors (Lipinski definition) is 1. The molecule has 1 heterocycles. The van der Waals surface area contributed by atoms with Crippen LogP contribution in [0.1, 0.15) is 23.2 Å². The van der Waals surface area contributed by atoms with Crippen LogP contribution in [0.3, 0.4) is 0 Å². The number of hydrogen-bond acceptors (Lipinski definition) is 3. The normalized spacial score (nSPS) is 19.6. The van der Waals surface area contributed by atoms with E-state index in [1.165, 1.54) is 0 Å². The third-order valence-corrected chi connectivity index (χ3v) is 2.58. The minimum atomic E-state index is -0.442. The van der Waals surface area contributed by atoms with E-state index in [9.17, 15) is 4.79 Å². The zero-order valence-corrected chi connectivity index (χ0v) is 9.02. The van der Waals surface area contributed by atoms with Crippen LogP contribution in [0, 0.1) is 0 Å². The van der Waals surface area contributed by atoms with Crippen molar-refractivity contribution in [1.82, 2.24) is 0 Å². The molecule has 1 amide bonds. The van der Waals surface area contributed by atoms with Crippen molar-refractivity contribution in [3.8, 4) is 5.75 Å². The van der Waals surface area contributed by atoms with E-state index in [1.54, 1.807) is 24.3 Å². The molecule has 1 atom stereocenters. The molecule has 0 spiro atoms. The lowest BCUT2D eigenvalue weighted by atomic mass is 10.2. The molecular weight excluding hydrogens is 206 g/mol. The number of nitrogens with two attached hydrogens (primary N) is 1. The van der Waals surface area contributed by atoms with Gasteiger partial charge in [-0.05, 0) is 31.0 Å². The molecule has 0 radical (unpaired) electrons. The Hall–Kier alpha value is -1.55. The molecule has 0 aliphatic carbocycles. The molecule has 4 nitrogen and oxygen atoms in total. The molecule has 2 rings (SSSR count). The standard InChI is InChI=1S/C12H15NO3/c13-12(14)9-3-1-4-10(7-9)16-8-11-5-2-6-15-11/h1,3-4,7,11H,2,5-6,8H2,(H2,13,14). The minimum Gasteiger partial charge on any atom is -0.491 e. The van der Waals surface area contributed by atoms with Crippen molar-refractivity contribution in [3.05, 3.63) is 29.8 Å². The molecule has 86 valence electrons. The first kappa shape index (κ1) is 11.0. The van der Waals surface area contributed by atoms with Crippen molar-refractivity contribution in [3.63, 3.8) is 0 Å². The van der Waals surface area contributed by atoms with Crippen molar-refractivity contribution in [2.75, 3.05) is 13.2 Å². The van der Waals surface area contributed by atoms with Gasteiger partial charge in [-0.25, -0.2) is 0 Å². The monoisotopic (exact) mass is 221 g/mol. The quantitative estimate of drug-likeness (QED) is 0.834. The van der Waals surface area contributed by atoms with E-state index >= 15 is 0 Å². The fraction of sp³-hybridized carbons (Fsp3) is 0.417. The topological polar surface area (TPSA) is 61.6 Å². The summed E-state index contributed by atoms with van der Waals surface area (Å²) in [7, 11) is 0. The minimum absolute atomic E-state index is 0.178. The van der Waals surface area contributed by atoms with Gasteiger partial charge in [-0.3, -0.25) is 4.79 Å². The van der Waals surface area contributed by atoms with Crippen LogP contribution in [0.2, 0.25) is 0 Å². The van der Waals surface area contributed by atoms with Gasteiger partial charge in [0.25, 0.3) is 0 Å². The maximum Gasteiger partial charge on any atom is 0.248 e. The van der Waals surface area contributed by atoms with E-state index in [1.807, 2.05) is 0 Å². The number of benzene rings is 1. The van der Waals surface area contributed by atoms with Crippen LogP contribution >= 0.6 is 0 Å². The highest BCUT2D eigenvalue weighted by atomic mass is 16.5. The van der Waals surface area contributed by atoms with Gasteiger partial charge < -0.3 is 15.2 Å². The largest absolute Gasteiger partial charge is 0.491 e. The van der Waals surface area contributed by atoms with Gasteiger partial charge in [-0.1, -0.05) is 6.07 Å². The molecule has 0 aromatic heterocycles. The summed E-state index contributed by atoms with van der Waals surface area (Å²) in [6.07, 6.45) is 2.31. The summed E-state index contributed by atoms with van der Waals surface area (Å²) in [5.41, 5.74) is 5.64. The predicted octanol–water partition coefficient (Wildman–Crippen LogP) is 1.34. The van der Waals surface area contributed by atoms with E-state index in [2.05, 4.69) is 0 Å². The first-order chi connectivity index (χ1) is 7.75. The van der Waals surface area contributed by atoms with Gasteiger partial charge >= 0.3 is 0 Å². The number of carbonyl (C=O) groups excluding carboxylic acids is 1.